The number of aliphatic imine (C=N–C) groups is 1. The molecule has 0 atom stereocenters. The first-order valence-corrected chi connectivity index (χ1v) is 10.3. The topological polar surface area (TPSA) is 113 Å². The van der Waals surface area contributed by atoms with Crippen LogP contribution in [-0.2, 0) is 21.4 Å². The summed E-state index contributed by atoms with van der Waals surface area (Å²) in [4.78, 5) is 13.5. The van der Waals surface area contributed by atoms with Gasteiger partial charge in [-0.2, -0.15) is 13.2 Å². The second-order valence-electron chi connectivity index (χ2n) is 5.98. The zero-order chi connectivity index (χ0) is 22.5. The second kappa shape index (κ2) is 9.49. The van der Waals surface area contributed by atoms with Crippen LogP contribution in [0.3, 0.4) is 0 Å². The van der Waals surface area contributed by atoms with Crippen LogP contribution in [0, 0.1) is 0 Å². The first kappa shape index (κ1) is 23.7. The van der Waals surface area contributed by atoms with E-state index in [-0.39, 0.29) is 11.4 Å². The fraction of sp³-hybridized carbons (Fsp3) is 0.294. The summed E-state index contributed by atoms with van der Waals surface area (Å²) in [6.07, 6.45) is -1.96. The van der Waals surface area contributed by atoms with Crippen LogP contribution in [0.1, 0.15) is 0 Å². The smallest absolute Gasteiger partial charge is 0.475 e. The highest BCUT2D eigenvalue weighted by Crippen LogP contribution is 2.28. The lowest BCUT2D eigenvalue weighted by atomic mass is 10.2. The van der Waals surface area contributed by atoms with E-state index in [9.17, 15) is 21.6 Å². The van der Waals surface area contributed by atoms with Gasteiger partial charge in [0.25, 0.3) is 0 Å². The van der Waals surface area contributed by atoms with Crippen molar-refractivity contribution in [3.8, 4) is 0 Å². The fourth-order valence-corrected chi connectivity index (χ4v) is 3.93. The molecular formula is C17H18ClF3N4O4S. The molecule has 3 rings (SSSR count). The summed E-state index contributed by atoms with van der Waals surface area (Å²) in [7, 11) is -3.64. The number of aliphatic carboxylic acids is 1. The second-order valence-corrected chi connectivity index (χ2v) is 8.15. The molecule has 13 heteroatoms. The lowest BCUT2D eigenvalue weighted by Gasteiger charge is -2.05. The molecule has 1 aromatic carbocycles. The van der Waals surface area contributed by atoms with E-state index in [1.807, 2.05) is 10.6 Å². The number of carbonyl (C=O) groups is 1. The Morgan fingerprint density at radius 1 is 1.43 bits per heavy atom. The van der Waals surface area contributed by atoms with Gasteiger partial charge in [-0.15, -0.1) is 6.58 Å². The standard InChI is InChI=1S/C15H17ClN4O2S.C2HF3O2/c1-2-5-19-23(21,22)14-9-20(10-15-17-6-7-18-15)13-4-3-11(16)8-12(13)14;3-2(4,5)1(6)7/h2-4,8-9,19H,1,5-7,10H2,(H,17,18);(H,6,7). The van der Waals surface area contributed by atoms with Gasteiger partial charge in [-0.05, 0) is 18.2 Å². The van der Waals surface area contributed by atoms with Gasteiger partial charge in [0.1, 0.15) is 10.7 Å². The van der Waals surface area contributed by atoms with Gasteiger partial charge < -0.3 is 15.0 Å². The number of alkyl halides is 3. The molecule has 0 radical (unpaired) electrons. The Kier molecular flexibility index (Phi) is 7.50. The van der Waals surface area contributed by atoms with Crippen molar-refractivity contribution in [3.63, 3.8) is 0 Å². The molecule has 0 fully saturated rings. The summed E-state index contributed by atoms with van der Waals surface area (Å²) in [5, 5.41) is 11.4. The van der Waals surface area contributed by atoms with Gasteiger partial charge >= 0.3 is 12.1 Å². The van der Waals surface area contributed by atoms with Crippen molar-refractivity contribution in [2.45, 2.75) is 17.6 Å². The molecule has 1 aliphatic rings. The molecular weight excluding hydrogens is 449 g/mol. The monoisotopic (exact) mass is 466 g/mol. The maximum absolute atomic E-state index is 12.5. The average molecular weight is 467 g/mol. The highest BCUT2D eigenvalue weighted by molar-refractivity contribution is 7.89. The number of amidine groups is 1. The normalized spacial score (nSPS) is 13.9. The Labute approximate surface area is 175 Å². The summed E-state index contributed by atoms with van der Waals surface area (Å²) >= 11 is 6.05. The van der Waals surface area contributed by atoms with E-state index in [0.717, 1.165) is 24.4 Å². The maximum Gasteiger partial charge on any atom is 0.490 e. The molecule has 0 spiro atoms. The van der Waals surface area contributed by atoms with E-state index in [2.05, 4.69) is 21.6 Å². The van der Waals surface area contributed by atoms with Crippen molar-refractivity contribution in [1.29, 1.82) is 0 Å². The van der Waals surface area contributed by atoms with E-state index >= 15 is 0 Å². The van der Waals surface area contributed by atoms with Crippen LogP contribution < -0.4 is 10.0 Å². The minimum atomic E-state index is -5.08. The van der Waals surface area contributed by atoms with Gasteiger partial charge in [-0.1, -0.05) is 17.7 Å². The molecule has 3 N–H and O–H groups in total. The Bertz CT molecular complexity index is 1080. The number of carboxylic acids is 1. The van der Waals surface area contributed by atoms with Gasteiger partial charge in [-0.3, -0.25) is 4.99 Å². The zero-order valence-electron chi connectivity index (χ0n) is 15.4. The summed E-state index contributed by atoms with van der Waals surface area (Å²) in [6.45, 7) is 5.75. The molecule has 0 saturated heterocycles. The molecule has 0 unspecified atom stereocenters. The predicted octanol–water partition coefficient (Wildman–Crippen LogP) is 2.39. The van der Waals surface area contributed by atoms with Crippen molar-refractivity contribution in [2.24, 2.45) is 4.99 Å². The van der Waals surface area contributed by atoms with Gasteiger partial charge in [0.2, 0.25) is 10.0 Å². The Morgan fingerprint density at radius 3 is 2.63 bits per heavy atom. The van der Waals surface area contributed by atoms with Crippen molar-refractivity contribution in [1.82, 2.24) is 14.6 Å². The third kappa shape index (κ3) is 5.97. The molecule has 164 valence electrons. The molecule has 8 nitrogen and oxygen atoms in total. The number of nitrogens with zero attached hydrogens (tertiary/aromatic N) is 2. The van der Waals surface area contributed by atoms with E-state index < -0.39 is 22.2 Å². The van der Waals surface area contributed by atoms with Gasteiger partial charge in [0.15, 0.2) is 0 Å². The van der Waals surface area contributed by atoms with Crippen LogP contribution in [0.4, 0.5) is 13.2 Å². The first-order chi connectivity index (χ1) is 14.0. The quantitative estimate of drug-likeness (QED) is 0.566. The lowest BCUT2D eigenvalue weighted by molar-refractivity contribution is -0.192. The van der Waals surface area contributed by atoms with Crippen molar-refractivity contribution < 1.29 is 31.5 Å². The molecule has 1 aromatic heterocycles. The summed E-state index contributed by atoms with van der Waals surface area (Å²) in [5.74, 6) is -1.91. The molecule has 2 heterocycles. The summed E-state index contributed by atoms with van der Waals surface area (Å²) < 4.78 is 61.1. The molecule has 0 aliphatic carbocycles. The van der Waals surface area contributed by atoms with Crippen LogP contribution in [0.25, 0.3) is 10.9 Å². The minimum Gasteiger partial charge on any atom is -0.475 e. The number of rotatable bonds is 6. The number of aromatic nitrogens is 1. The minimum absolute atomic E-state index is 0.170. The van der Waals surface area contributed by atoms with E-state index in [1.54, 1.807) is 18.3 Å². The van der Waals surface area contributed by atoms with E-state index in [4.69, 9.17) is 21.5 Å². The number of halogens is 4. The predicted molar refractivity (Wildman–Crippen MR) is 106 cm³/mol. The number of carboxylic acid groups (broad SMARTS) is 1. The molecule has 2 aromatic rings. The zero-order valence-corrected chi connectivity index (χ0v) is 17.0. The van der Waals surface area contributed by atoms with Crippen LogP contribution >= 0.6 is 11.6 Å². The highest BCUT2D eigenvalue weighted by Gasteiger charge is 2.38. The van der Waals surface area contributed by atoms with Crippen LogP contribution in [0.2, 0.25) is 5.02 Å². The molecule has 0 amide bonds. The number of hydrogen-bond donors (Lipinski definition) is 3. The van der Waals surface area contributed by atoms with Crippen LogP contribution in [-0.4, -0.2) is 55.7 Å². The van der Waals surface area contributed by atoms with Gasteiger partial charge in [0.05, 0.1) is 13.1 Å². The molecule has 30 heavy (non-hydrogen) atoms. The van der Waals surface area contributed by atoms with Crippen LogP contribution in [0.5, 0.6) is 0 Å². The van der Waals surface area contributed by atoms with Crippen molar-refractivity contribution in [3.05, 3.63) is 42.1 Å². The third-order valence-corrected chi connectivity index (χ3v) is 5.51. The number of benzene rings is 1. The van der Waals surface area contributed by atoms with Crippen LogP contribution in [0.15, 0.2) is 46.9 Å². The molecule has 1 aliphatic heterocycles. The van der Waals surface area contributed by atoms with E-state index in [1.165, 1.54) is 6.08 Å². The number of fused-ring (bicyclic) bond motifs is 1. The Balaban J connectivity index is 0.000000396. The summed E-state index contributed by atoms with van der Waals surface area (Å²) in [5.41, 5.74) is 0.796. The lowest BCUT2D eigenvalue weighted by Crippen LogP contribution is -2.24. The molecule has 0 saturated carbocycles. The fourth-order valence-electron chi connectivity index (χ4n) is 2.54. The SMILES string of the molecule is C=CCNS(=O)(=O)c1cn(CC2=NCCN2)c2ccc(Cl)cc12.O=C(O)C(F)(F)F. The Hall–Kier alpha value is -2.57. The van der Waals surface area contributed by atoms with E-state index in [0.29, 0.717) is 17.0 Å². The van der Waals surface area contributed by atoms with Gasteiger partial charge in [0, 0.05) is 35.2 Å². The van der Waals surface area contributed by atoms with Crippen molar-refractivity contribution >= 4 is 44.3 Å². The molecule has 0 bridgehead atoms. The Morgan fingerprint density at radius 2 is 2.10 bits per heavy atom. The average Bonchev–Trinajstić information content (AvgIpc) is 3.28. The first-order valence-electron chi connectivity index (χ1n) is 8.42. The maximum atomic E-state index is 12.5. The third-order valence-electron chi connectivity index (χ3n) is 3.82. The largest absolute Gasteiger partial charge is 0.490 e. The highest BCUT2D eigenvalue weighted by atomic mass is 35.5. The van der Waals surface area contributed by atoms with Crippen molar-refractivity contribution in [2.75, 3.05) is 19.6 Å². The number of nitrogens with one attached hydrogen (secondary N) is 2. The summed E-state index contributed by atoms with van der Waals surface area (Å²) in [6, 6.07) is 5.23. The number of sulfonamides is 1. The number of hydrogen-bond acceptors (Lipinski definition) is 5. The van der Waals surface area contributed by atoms with Gasteiger partial charge in [-0.25, -0.2) is 17.9 Å².